The standard InChI is InChI=1S/C16H20ClN3/c1-12(14-5-7-15(17)8-6-14)20(3)11-13-4-9-16(18-2)19-10-13/h4-10,12H,11H2,1-3H3,(H,18,19). The third-order valence-electron chi connectivity index (χ3n) is 3.53. The van der Waals surface area contributed by atoms with Crippen molar-refractivity contribution in [2.45, 2.75) is 19.5 Å². The molecule has 0 aliphatic rings. The lowest BCUT2D eigenvalue weighted by Crippen LogP contribution is -2.22. The van der Waals surface area contributed by atoms with E-state index in [9.17, 15) is 0 Å². The fourth-order valence-corrected chi connectivity index (χ4v) is 2.21. The summed E-state index contributed by atoms with van der Waals surface area (Å²) in [7, 11) is 3.99. The first kappa shape index (κ1) is 14.8. The first-order chi connectivity index (χ1) is 9.60. The number of aromatic nitrogens is 1. The number of pyridine rings is 1. The van der Waals surface area contributed by atoms with Crippen LogP contribution in [0.2, 0.25) is 5.02 Å². The minimum atomic E-state index is 0.330. The minimum Gasteiger partial charge on any atom is -0.373 e. The maximum Gasteiger partial charge on any atom is 0.125 e. The van der Waals surface area contributed by atoms with Crippen molar-refractivity contribution < 1.29 is 0 Å². The molecule has 106 valence electrons. The molecule has 4 heteroatoms. The van der Waals surface area contributed by atoms with Crippen LogP contribution in [0.15, 0.2) is 42.6 Å². The Hall–Kier alpha value is -1.58. The van der Waals surface area contributed by atoms with E-state index in [2.05, 4.69) is 47.4 Å². The topological polar surface area (TPSA) is 28.2 Å². The third kappa shape index (κ3) is 3.71. The number of nitrogens with one attached hydrogen (secondary N) is 1. The predicted molar refractivity (Wildman–Crippen MR) is 85.1 cm³/mol. The molecule has 3 nitrogen and oxygen atoms in total. The van der Waals surface area contributed by atoms with Gasteiger partial charge in [-0.25, -0.2) is 4.98 Å². The van der Waals surface area contributed by atoms with Crippen molar-refractivity contribution in [1.29, 1.82) is 0 Å². The van der Waals surface area contributed by atoms with Crippen LogP contribution in [0.25, 0.3) is 0 Å². The van der Waals surface area contributed by atoms with Gasteiger partial charge in [-0.15, -0.1) is 0 Å². The molecule has 0 aliphatic carbocycles. The zero-order valence-corrected chi connectivity index (χ0v) is 12.9. The minimum absolute atomic E-state index is 0.330. The van der Waals surface area contributed by atoms with Gasteiger partial charge in [0, 0.05) is 30.9 Å². The van der Waals surface area contributed by atoms with E-state index >= 15 is 0 Å². The van der Waals surface area contributed by atoms with Crippen LogP contribution in [0.4, 0.5) is 5.82 Å². The number of halogens is 1. The molecule has 0 fully saturated rings. The molecular weight excluding hydrogens is 270 g/mol. The van der Waals surface area contributed by atoms with E-state index in [1.165, 1.54) is 11.1 Å². The number of hydrogen-bond donors (Lipinski definition) is 1. The lowest BCUT2D eigenvalue weighted by atomic mass is 10.1. The smallest absolute Gasteiger partial charge is 0.125 e. The Morgan fingerprint density at radius 2 is 1.90 bits per heavy atom. The molecule has 0 saturated carbocycles. The van der Waals surface area contributed by atoms with E-state index in [-0.39, 0.29) is 0 Å². The summed E-state index contributed by atoms with van der Waals surface area (Å²) in [5.41, 5.74) is 2.46. The van der Waals surface area contributed by atoms with Gasteiger partial charge in [-0.2, -0.15) is 0 Å². The van der Waals surface area contributed by atoms with Crippen LogP contribution in [0, 0.1) is 0 Å². The van der Waals surface area contributed by atoms with Crippen LogP contribution in [-0.2, 0) is 6.54 Å². The van der Waals surface area contributed by atoms with E-state index < -0.39 is 0 Å². The summed E-state index contributed by atoms with van der Waals surface area (Å²) >= 11 is 5.93. The third-order valence-corrected chi connectivity index (χ3v) is 3.78. The van der Waals surface area contributed by atoms with Crippen molar-refractivity contribution in [3.63, 3.8) is 0 Å². The summed E-state index contributed by atoms with van der Waals surface area (Å²) in [6.45, 7) is 3.05. The van der Waals surface area contributed by atoms with Gasteiger partial charge in [-0.1, -0.05) is 29.8 Å². The van der Waals surface area contributed by atoms with E-state index in [4.69, 9.17) is 11.6 Å². The second kappa shape index (κ2) is 6.73. The van der Waals surface area contributed by atoms with Crippen molar-refractivity contribution in [1.82, 2.24) is 9.88 Å². The molecule has 1 aromatic heterocycles. The SMILES string of the molecule is CNc1ccc(CN(C)C(C)c2ccc(Cl)cc2)cn1. The van der Waals surface area contributed by atoms with Crippen LogP contribution in [0.1, 0.15) is 24.1 Å². The summed E-state index contributed by atoms with van der Waals surface area (Å²) in [6.07, 6.45) is 1.91. The van der Waals surface area contributed by atoms with Gasteiger partial charge in [0.25, 0.3) is 0 Å². The monoisotopic (exact) mass is 289 g/mol. The number of nitrogens with zero attached hydrogens (tertiary/aromatic N) is 2. The highest BCUT2D eigenvalue weighted by atomic mass is 35.5. The molecule has 0 saturated heterocycles. The molecule has 1 N–H and O–H groups in total. The number of rotatable bonds is 5. The number of benzene rings is 1. The number of anilines is 1. The van der Waals surface area contributed by atoms with Gasteiger partial charge in [0.05, 0.1) is 0 Å². The van der Waals surface area contributed by atoms with E-state index in [1.807, 2.05) is 31.4 Å². The van der Waals surface area contributed by atoms with Gasteiger partial charge >= 0.3 is 0 Å². The molecule has 2 aromatic rings. The Labute approximate surface area is 125 Å². The predicted octanol–water partition coefficient (Wildman–Crippen LogP) is 3.97. The van der Waals surface area contributed by atoms with Gasteiger partial charge in [0.15, 0.2) is 0 Å². The van der Waals surface area contributed by atoms with E-state index in [1.54, 1.807) is 0 Å². The van der Waals surface area contributed by atoms with Crippen LogP contribution in [-0.4, -0.2) is 24.0 Å². The average Bonchev–Trinajstić information content (AvgIpc) is 2.48. The lowest BCUT2D eigenvalue weighted by Gasteiger charge is -2.25. The summed E-state index contributed by atoms with van der Waals surface area (Å²) in [4.78, 5) is 6.63. The van der Waals surface area contributed by atoms with E-state index in [0.717, 1.165) is 17.4 Å². The second-order valence-corrected chi connectivity index (χ2v) is 5.38. The first-order valence-corrected chi connectivity index (χ1v) is 7.06. The molecule has 1 unspecified atom stereocenters. The molecule has 0 bridgehead atoms. The summed E-state index contributed by atoms with van der Waals surface area (Å²) in [5.74, 6) is 0.891. The molecule has 0 aliphatic heterocycles. The fraction of sp³-hybridized carbons (Fsp3) is 0.312. The quantitative estimate of drug-likeness (QED) is 0.903. The van der Waals surface area contributed by atoms with Gasteiger partial charge in [-0.05, 0) is 43.3 Å². The van der Waals surface area contributed by atoms with Crippen molar-refractivity contribution in [3.05, 3.63) is 58.7 Å². The zero-order valence-electron chi connectivity index (χ0n) is 12.1. The van der Waals surface area contributed by atoms with Crippen LogP contribution < -0.4 is 5.32 Å². The first-order valence-electron chi connectivity index (χ1n) is 6.68. The zero-order chi connectivity index (χ0) is 14.5. The highest BCUT2D eigenvalue weighted by Crippen LogP contribution is 2.22. The molecule has 1 atom stereocenters. The Balaban J connectivity index is 2.02. The van der Waals surface area contributed by atoms with Crippen LogP contribution in [0.5, 0.6) is 0 Å². The van der Waals surface area contributed by atoms with Crippen molar-refractivity contribution in [3.8, 4) is 0 Å². The highest BCUT2D eigenvalue weighted by molar-refractivity contribution is 6.30. The molecule has 1 aromatic carbocycles. The van der Waals surface area contributed by atoms with Gasteiger partial charge in [0.2, 0.25) is 0 Å². The largest absolute Gasteiger partial charge is 0.373 e. The average molecular weight is 290 g/mol. The van der Waals surface area contributed by atoms with Gasteiger partial charge in [-0.3, -0.25) is 4.90 Å². The summed E-state index contributed by atoms with van der Waals surface area (Å²) in [5, 5.41) is 3.80. The lowest BCUT2D eigenvalue weighted by molar-refractivity contribution is 0.253. The maximum atomic E-state index is 5.93. The normalized spacial score (nSPS) is 12.4. The summed E-state index contributed by atoms with van der Waals surface area (Å²) < 4.78 is 0. The Morgan fingerprint density at radius 1 is 1.20 bits per heavy atom. The fourth-order valence-electron chi connectivity index (χ4n) is 2.09. The Bertz CT molecular complexity index is 537. The Kier molecular flexibility index (Phi) is 4.99. The number of hydrogen-bond acceptors (Lipinski definition) is 3. The Morgan fingerprint density at radius 3 is 2.45 bits per heavy atom. The molecule has 0 spiro atoms. The summed E-state index contributed by atoms with van der Waals surface area (Å²) in [6, 6.07) is 12.4. The van der Waals surface area contributed by atoms with Gasteiger partial charge < -0.3 is 5.32 Å². The maximum absolute atomic E-state index is 5.93. The molecule has 0 radical (unpaired) electrons. The molecule has 0 amide bonds. The highest BCUT2D eigenvalue weighted by Gasteiger charge is 2.12. The molecule has 20 heavy (non-hydrogen) atoms. The van der Waals surface area contributed by atoms with Crippen molar-refractivity contribution >= 4 is 17.4 Å². The second-order valence-electron chi connectivity index (χ2n) is 4.94. The van der Waals surface area contributed by atoms with Gasteiger partial charge in [0.1, 0.15) is 5.82 Å². The van der Waals surface area contributed by atoms with Crippen LogP contribution in [0.3, 0.4) is 0 Å². The van der Waals surface area contributed by atoms with E-state index in [0.29, 0.717) is 6.04 Å². The molecular formula is C16H20ClN3. The molecule has 1 heterocycles. The van der Waals surface area contributed by atoms with Crippen molar-refractivity contribution in [2.75, 3.05) is 19.4 Å². The molecule has 2 rings (SSSR count). The van der Waals surface area contributed by atoms with Crippen LogP contribution >= 0.6 is 11.6 Å². The van der Waals surface area contributed by atoms with Crippen molar-refractivity contribution in [2.24, 2.45) is 0 Å².